The number of hydrogen-bond acceptors (Lipinski definition) is 4. The summed E-state index contributed by atoms with van der Waals surface area (Å²) in [7, 11) is 0. The molecule has 3 aromatic carbocycles. The first-order valence-electron chi connectivity index (χ1n) is 9.07. The second-order valence-electron chi connectivity index (χ2n) is 7.15. The van der Waals surface area contributed by atoms with E-state index in [-0.39, 0.29) is 19.2 Å². The highest BCUT2D eigenvalue weighted by atomic mass is 16.7. The van der Waals surface area contributed by atoms with Crippen LogP contribution in [0.4, 0.5) is 4.79 Å². The minimum Gasteiger partial charge on any atom is -0.454 e. The molecular weight excluding hydrogens is 356 g/mol. The number of urea groups is 1. The summed E-state index contributed by atoms with van der Waals surface area (Å²) in [5.74, 6) is 0.925. The zero-order chi connectivity index (χ0) is 19.3. The van der Waals surface area contributed by atoms with Crippen LogP contribution in [0.5, 0.6) is 11.5 Å². The van der Waals surface area contributed by atoms with Gasteiger partial charge in [0.05, 0.1) is 6.54 Å². The molecule has 2 aliphatic heterocycles. The number of benzene rings is 3. The number of amides is 3. The Morgan fingerprint density at radius 1 is 1.00 bits per heavy atom. The summed E-state index contributed by atoms with van der Waals surface area (Å²) >= 11 is 0. The Balaban J connectivity index is 1.49. The molecule has 0 spiro atoms. The number of imide groups is 1. The molecule has 3 aromatic rings. The van der Waals surface area contributed by atoms with Crippen LogP contribution in [-0.2, 0) is 16.9 Å². The molecule has 0 radical (unpaired) electrons. The first-order chi connectivity index (χ1) is 13.6. The molecule has 0 unspecified atom stereocenters. The Kier molecular flexibility index (Phi) is 3.55. The van der Waals surface area contributed by atoms with Crippen molar-refractivity contribution in [3.63, 3.8) is 0 Å². The average Bonchev–Trinajstić information content (AvgIpc) is 3.26. The molecule has 1 fully saturated rings. The van der Waals surface area contributed by atoms with Crippen molar-refractivity contribution in [2.45, 2.75) is 19.0 Å². The summed E-state index contributed by atoms with van der Waals surface area (Å²) in [4.78, 5) is 27.2. The lowest BCUT2D eigenvalue weighted by molar-refractivity contribution is -0.131. The summed E-state index contributed by atoms with van der Waals surface area (Å²) in [6.07, 6.45) is 0. The molecule has 0 saturated carbocycles. The van der Waals surface area contributed by atoms with Gasteiger partial charge in [-0.3, -0.25) is 9.69 Å². The lowest BCUT2D eigenvalue weighted by Crippen LogP contribution is -2.40. The Morgan fingerprint density at radius 2 is 1.79 bits per heavy atom. The van der Waals surface area contributed by atoms with Crippen molar-refractivity contribution in [3.05, 3.63) is 71.8 Å². The van der Waals surface area contributed by atoms with E-state index in [4.69, 9.17) is 9.47 Å². The van der Waals surface area contributed by atoms with Crippen LogP contribution in [0.15, 0.2) is 60.7 Å². The summed E-state index contributed by atoms with van der Waals surface area (Å²) in [5.41, 5.74) is 0.440. The van der Waals surface area contributed by atoms with Crippen molar-refractivity contribution < 1.29 is 19.1 Å². The van der Waals surface area contributed by atoms with Crippen molar-refractivity contribution >= 4 is 22.7 Å². The normalized spacial score (nSPS) is 20.7. The molecule has 2 heterocycles. The molecule has 5 rings (SSSR count). The molecule has 6 heteroatoms. The van der Waals surface area contributed by atoms with E-state index in [9.17, 15) is 9.59 Å². The molecular formula is C22H18N2O4. The zero-order valence-corrected chi connectivity index (χ0v) is 15.3. The highest BCUT2D eigenvalue weighted by molar-refractivity contribution is 6.07. The van der Waals surface area contributed by atoms with Gasteiger partial charge in [0, 0.05) is 0 Å². The van der Waals surface area contributed by atoms with Gasteiger partial charge in [-0.15, -0.1) is 0 Å². The average molecular weight is 374 g/mol. The van der Waals surface area contributed by atoms with Gasteiger partial charge in [0.2, 0.25) is 6.79 Å². The van der Waals surface area contributed by atoms with Gasteiger partial charge in [-0.05, 0) is 41.0 Å². The molecule has 1 saturated heterocycles. The number of hydrogen-bond donors (Lipinski definition) is 1. The number of carbonyl (C=O) groups is 2. The fourth-order valence-electron chi connectivity index (χ4n) is 3.84. The van der Waals surface area contributed by atoms with Gasteiger partial charge in [-0.1, -0.05) is 48.5 Å². The molecule has 2 aliphatic rings. The summed E-state index contributed by atoms with van der Waals surface area (Å²) in [5, 5.41) is 4.95. The van der Waals surface area contributed by atoms with Crippen LogP contribution in [0.3, 0.4) is 0 Å². The van der Waals surface area contributed by atoms with E-state index in [2.05, 4.69) is 5.32 Å². The smallest absolute Gasteiger partial charge is 0.325 e. The van der Waals surface area contributed by atoms with Crippen LogP contribution in [-0.4, -0.2) is 23.6 Å². The molecule has 3 amide bonds. The standard InChI is InChI=1S/C22H18N2O4/c1-22(16-9-10-18-19(11-16)28-13-27-18)20(25)24(21(26)23-22)12-15-7-4-6-14-5-2-3-8-17(14)15/h2-11H,12-13H2,1H3,(H,23,26)/t22-/m0/s1. The number of nitrogens with zero attached hydrogens (tertiary/aromatic N) is 1. The number of carbonyl (C=O) groups excluding carboxylic acids is 2. The topological polar surface area (TPSA) is 67.9 Å². The maximum Gasteiger partial charge on any atom is 0.325 e. The fraction of sp³-hybridized carbons (Fsp3) is 0.182. The number of rotatable bonds is 3. The molecule has 0 bridgehead atoms. The third kappa shape index (κ3) is 2.41. The van der Waals surface area contributed by atoms with Crippen LogP contribution in [0.2, 0.25) is 0 Å². The van der Waals surface area contributed by atoms with Gasteiger partial charge in [0.25, 0.3) is 5.91 Å². The zero-order valence-electron chi connectivity index (χ0n) is 15.3. The van der Waals surface area contributed by atoms with Gasteiger partial charge in [0.1, 0.15) is 5.54 Å². The third-order valence-corrected chi connectivity index (χ3v) is 5.43. The molecule has 28 heavy (non-hydrogen) atoms. The van der Waals surface area contributed by atoms with Gasteiger partial charge >= 0.3 is 6.03 Å². The minimum absolute atomic E-state index is 0.156. The Morgan fingerprint density at radius 3 is 2.68 bits per heavy atom. The first-order valence-corrected chi connectivity index (χ1v) is 9.07. The second-order valence-corrected chi connectivity index (χ2v) is 7.15. The van der Waals surface area contributed by atoms with Crippen molar-refractivity contribution in [2.24, 2.45) is 0 Å². The van der Waals surface area contributed by atoms with Crippen molar-refractivity contribution in [1.29, 1.82) is 0 Å². The van der Waals surface area contributed by atoms with E-state index in [0.29, 0.717) is 17.1 Å². The van der Waals surface area contributed by atoms with Crippen LogP contribution in [0, 0.1) is 0 Å². The molecule has 0 aromatic heterocycles. The van der Waals surface area contributed by atoms with Crippen molar-refractivity contribution in [3.8, 4) is 11.5 Å². The highest BCUT2D eigenvalue weighted by Crippen LogP contribution is 2.38. The van der Waals surface area contributed by atoms with Gasteiger partial charge in [-0.25, -0.2) is 4.79 Å². The monoisotopic (exact) mass is 374 g/mol. The van der Waals surface area contributed by atoms with Gasteiger partial charge in [-0.2, -0.15) is 0 Å². The molecule has 1 atom stereocenters. The van der Waals surface area contributed by atoms with Crippen LogP contribution >= 0.6 is 0 Å². The number of ether oxygens (including phenoxy) is 2. The van der Waals surface area contributed by atoms with Crippen LogP contribution in [0.25, 0.3) is 10.8 Å². The highest BCUT2D eigenvalue weighted by Gasteiger charge is 2.49. The Hall–Kier alpha value is -3.54. The van der Waals surface area contributed by atoms with E-state index in [0.717, 1.165) is 16.3 Å². The van der Waals surface area contributed by atoms with Gasteiger partial charge in [0.15, 0.2) is 11.5 Å². The van der Waals surface area contributed by atoms with E-state index in [1.807, 2.05) is 42.5 Å². The maximum atomic E-state index is 13.2. The Labute approximate surface area is 161 Å². The van der Waals surface area contributed by atoms with Gasteiger partial charge < -0.3 is 14.8 Å². The molecule has 6 nitrogen and oxygen atoms in total. The van der Waals surface area contributed by atoms with E-state index < -0.39 is 11.6 Å². The first kappa shape index (κ1) is 16.6. The second kappa shape index (κ2) is 5.99. The SMILES string of the molecule is C[C@@]1(c2ccc3c(c2)OCO3)NC(=O)N(Cc2cccc3ccccc23)C1=O. The number of fused-ring (bicyclic) bond motifs is 2. The lowest BCUT2D eigenvalue weighted by atomic mass is 9.91. The van der Waals surface area contributed by atoms with Crippen molar-refractivity contribution in [1.82, 2.24) is 10.2 Å². The van der Waals surface area contributed by atoms with E-state index in [1.165, 1.54) is 4.90 Å². The maximum absolute atomic E-state index is 13.2. The summed E-state index contributed by atoms with van der Waals surface area (Å²) in [6, 6.07) is 18.7. The summed E-state index contributed by atoms with van der Waals surface area (Å²) in [6.45, 7) is 2.09. The van der Waals surface area contributed by atoms with Crippen LogP contribution < -0.4 is 14.8 Å². The third-order valence-electron chi connectivity index (χ3n) is 5.43. The predicted molar refractivity (Wildman–Crippen MR) is 103 cm³/mol. The fourth-order valence-corrected chi connectivity index (χ4v) is 3.84. The van der Waals surface area contributed by atoms with Crippen molar-refractivity contribution in [2.75, 3.05) is 6.79 Å². The Bertz CT molecular complexity index is 1120. The van der Waals surface area contributed by atoms with E-state index >= 15 is 0 Å². The molecule has 140 valence electrons. The quantitative estimate of drug-likeness (QED) is 0.712. The summed E-state index contributed by atoms with van der Waals surface area (Å²) < 4.78 is 10.7. The van der Waals surface area contributed by atoms with Crippen LogP contribution in [0.1, 0.15) is 18.1 Å². The largest absolute Gasteiger partial charge is 0.454 e. The van der Waals surface area contributed by atoms with E-state index in [1.54, 1.807) is 25.1 Å². The lowest BCUT2D eigenvalue weighted by Gasteiger charge is -2.22. The predicted octanol–water partition coefficient (Wildman–Crippen LogP) is 3.54. The molecule has 0 aliphatic carbocycles. The number of nitrogens with one attached hydrogen (secondary N) is 1. The minimum atomic E-state index is -1.15. The molecule has 1 N–H and O–H groups in total.